The Bertz CT molecular complexity index is 391. The summed E-state index contributed by atoms with van der Waals surface area (Å²) in [5.74, 6) is 0.294. The lowest BCUT2D eigenvalue weighted by molar-refractivity contribution is 0.631. The average molecular weight is 288 g/mol. The lowest BCUT2D eigenvalue weighted by Gasteiger charge is -2.07. The first-order valence-electron chi connectivity index (χ1n) is 5.01. The number of hydrogen-bond donors (Lipinski definition) is 2. The van der Waals surface area contributed by atoms with Gasteiger partial charge in [0.25, 0.3) is 0 Å². The number of halogens is 2. The second-order valence-electron chi connectivity index (χ2n) is 3.87. The van der Waals surface area contributed by atoms with Crippen molar-refractivity contribution in [1.82, 2.24) is 0 Å². The summed E-state index contributed by atoms with van der Waals surface area (Å²) in [6.45, 7) is 4.70. The van der Waals surface area contributed by atoms with Crippen molar-refractivity contribution in [2.45, 2.75) is 13.8 Å². The van der Waals surface area contributed by atoms with Crippen LogP contribution in [0.15, 0.2) is 27.7 Å². The molecule has 16 heavy (non-hydrogen) atoms. The molecule has 0 radical (unpaired) electrons. The van der Waals surface area contributed by atoms with Crippen LogP contribution in [0.1, 0.15) is 13.8 Å². The molecule has 0 spiro atoms. The molecule has 0 aliphatic rings. The maximum atomic E-state index is 13.4. The molecule has 0 aliphatic carbocycles. The van der Waals surface area contributed by atoms with Gasteiger partial charge in [-0.05, 0) is 24.1 Å². The van der Waals surface area contributed by atoms with Crippen molar-refractivity contribution in [3.05, 3.63) is 28.5 Å². The van der Waals surface area contributed by atoms with E-state index in [4.69, 9.17) is 5.73 Å². The molecule has 0 saturated carbocycles. The molecule has 0 aliphatic heterocycles. The molecule has 0 bridgehead atoms. The van der Waals surface area contributed by atoms with E-state index in [9.17, 15) is 4.39 Å². The van der Waals surface area contributed by atoms with Gasteiger partial charge in [0, 0.05) is 11.0 Å². The van der Waals surface area contributed by atoms with E-state index in [1.165, 1.54) is 6.07 Å². The number of anilines is 1. The summed E-state index contributed by atoms with van der Waals surface area (Å²) < 4.78 is 14.1. The van der Waals surface area contributed by atoms with Crippen molar-refractivity contribution in [3.63, 3.8) is 0 Å². The topological polar surface area (TPSA) is 50.4 Å². The highest BCUT2D eigenvalue weighted by Gasteiger charge is 2.03. The van der Waals surface area contributed by atoms with Crippen LogP contribution in [0.5, 0.6) is 0 Å². The minimum atomic E-state index is -0.364. The van der Waals surface area contributed by atoms with Crippen LogP contribution >= 0.6 is 15.9 Å². The molecule has 5 heteroatoms. The Morgan fingerprint density at radius 1 is 1.56 bits per heavy atom. The third kappa shape index (κ3) is 4.18. The minimum Gasteiger partial charge on any atom is -0.370 e. The van der Waals surface area contributed by atoms with Gasteiger partial charge in [-0.25, -0.2) is 4.39 Å². The van der Waals surface area contributed by atoms with Crippen molar-refractivity contribution in [2.24, 2.45) is 16.6 Å². The predicted octanol–water partition coefficient (Wildman–Crippen LogP) is 2.97. The Kier molecular flexibility index (Phi) is 4.73. The van der Waals surface area contributed by atoms with Gasteiger partial charge in [0.2, 0.25) is 0 Å². The summed E-state index contributed by atoms with van der Waals surface area (Å²) in [4.78, 5) is 4.09. The van der Waals surface area contributed by atoms with E-state index in [-0.39, 0.29) is 11.8 Å². The van der Waals surface area contributed by atoms with Crippen molar-refractivity contribution < 1.29 is 4.39 Å². The van der Waals surface area contributed by atoms with E-state index < -0.39 is 0 Å². The number of guanidine groups is 1. The molecule has 3 nitrogen and oxygen atoms in total. The highest BCUT2D eigenvalue weighted by Crippen LogP contribution is 2.18. The Morgan fingerprint density at radius 3 is 2.81 bits per heavy atom. The van der Waals surface area contributed by atoms with E-state index in [1.54, 1.807) is 12.1 Å². The van der Waals surface area contributed by atoms with Crippen molar-refractivity contribution in [2.75, 3.05) is 11.9 Å². The predicted molar refractivity (Wildman–Crippen MR) is 69.1 cm³/mol. The van der Waals surface area contributed by atoms with Gasteiger partial charge in [0.15, 0.2) is 5.96 Å². The van der Waals surface area contributed by atoms with Gasteiger partial charge in [-0.2, -0.15) is 0 Å². The first-order valence-corrected chi connectivity index (χ1v) is 5.80. The monoisotopic (exact) mass is 287 g/mol. The number of nitrogens with two attached hydrogens (primary N) is 1. The number of nitrogens with zero attached hydrogens (tertiary/aromatic N) is 1. The van der Waals surface area contributed by atoms with Gasteiger partial charge in [0.05, 0.1) is 5.69 Å². The van der Waals surface area contributed by atoms with Gasteiger partial charge in [-0.15, -0.1) is 0 Å². The standard InChI is InChI=1S/C11H15BrFN3/c1-7(2)6-15-11(14)16-10-4-3-8(12)5-9(10)13/h3-5,7H,6H2,1-2H3,(H3,14,15,16). The highest BCUT2D eigenvalue weighted by molar-refractivity contribution is 9.10. The zero-order chi connectivity index (χ0) is 12.1. The fraction of sp³-hybridized carbons (Fsp3) is 0.364. The van der Waals surface area contributed by atoms with Crippen LogP contribution in [-0.4, -0.2) is 12.5 Å². The highest BCUT2D eigenvalue weighted by atomic mass is 79.9. The van der Waals surface area contributed by atoms with E-state index >= 15 is 0 Å². The quantitative estimate of drug-likeness (QED) is 0.663. The zero-order valence-corrected chi connectivity index (χ0v) is 10.9. The summed E-state index contributed by atoms with van der Waals surface area (Å²) in [6.07, 6.45) is 0. The molecule has 0 fully saturated rings. The van der Waals surface area contributed by atoms with Gasteiger partial charge in [0.1, 0.15) is 5.82 Å². The van der Waals surface area contributed by atoms with Gasteiger partial charge in [-0.1, -0.05) is 29.8 Å². The number of rotatable bonds is 3. The van der Waals surface area contributed by atoms with Crippen LogP contribution in [0.4, 0.5) is 10.1 Å². The molecule has 0 amide bonds. The normalized spacial score (nSPS) is 11.9. The molecule has 1 aromatic carbocycles. The third-order valence-corrected chi connectivity index (χ3v) is 2.31. The Morgan fingerprint density at radius 2 is 2.25 bits per heavy atom. The molecule has 0 aromatic heterocycles. The second-order valence-corrected chi connectivity index (χ2v) is 4.78. The second kappa shape index (κ2) is 5.84. The number of hydrogen-bond acceptors (Lipinski definition) is 1. The Hall–Kier alpha value is -1.10. The first kappa shape index (κ1) is 13.0. The summed E-state index contributed by atoms with van der Waals surface area (Å²) in [5.41, 5.74) is 5.95. The lowest BCUT2D eigenvalue weighted by atomic mass is 10.2. The number of benzene rings is 1. The molecular weight excluding hydrogens is 273 g/mol. The largest absolute Gasteiger partial charge is 0.370 e. The molecule has 0 atom stereocenters. The summed E-state index contributed by atoms with van der Waals surface area (Å²) in [7, 11) is 0. The molecule has 0 unspecified atom stereocenters. The Balaban J connectivity index is 2.69. The first-order chi connectivity index (χ1) is 7.49. The van der Waals surface area contributed by atoms with E-state index in [0.717, 1.165) is 0 Å². The SMILES string of the molecule is CC(C)CN=C(N)Nc1ccc(Br)cc1F. The van der Waals surface area contributed by atoms with Crippen LogP contribution in [0.2, 0.25) is 0 Å². The van der Waals surface area contributed by atoms with Gasteiger partial charge in [-0.3, -0.25) is 4.99 Å². The van der Waals surface area contributed by atoms with Crippen LogP contribution < -0.4 is 11.1 Å². The van der Waals surface area contributed by atoms with Gasteiger partial charge < -0.3 is 11.1 Å². The molecule has 88 valence electrons. The number of aliphatic imine (C=N–C) groups is 1. The van der Waals surface area contributed by atoms with Gasteiger partial charge >= 0.3 is 0 Å². The molecule has 0 heterocycles. The fourth-order valence-corrected chi connectivity index (χ4v) is 1.38. The van der Waals surface area contributed by atoms with E-state index in [1.807, 2.05) is 13.8 Å². The molecule has 3 N–H and O–H groups in total. The van der Waals surface area contributed by atoms with Crippen LogP contribution in [0, 0.1) is 11.7 Å². The van der Waals surface area contributed by atoms with Crippen LogP contribution in [0.25, 0.3) is 0 Å². The molecule has 1 aromatic rings. The maximum absolute atomic E-state index is 13.4. The summed E-state index contributed by atoms with van der Waals surface area (Å²) in [5, 5.41) is 2.72. The lowest BCUT2D eigenvalue weighted by Crippen LogP contribution is -2.24. The van der Waals surface area contributed by atoms with Crippen molar-refractivity contribution in [3.8, 4) is 0 Å². The maximum Gasteiger partial charge on any atom is 0.193 e. The zero-order valence-electron chi connectivity index (χ0n) is 9.30. The van der Waals surface area contributed by atoms with Crippen molar-refractivity contribution >= 4 is 27.6 Å². The summed E-state index contributed by atoms with van der Waals surface area (Å²) in [6, 6.07) is 4.72. The van der Waals surface area contributed by atoms with Crippen LogP contribution in [-0.2, 0) is 0 Å². The molecule has 1 rings (SSSR count). The van der Waals surface area contributed by atoms with E-state index in [0.29, 0.717) is 22.6 Å². The molecular formula is C11H15BrFN3. The minimum absolute atomic E-state index is 0.231. The number of nitrogens with one attached hydrogen (secondary N) is 1. The fourth-order valence-electron chi connectivity index (χ4n) is 1.05. The van der Waals surface area contributed by atoms with Crippen LogP contribution in [0.3, 0.4) is 0 Å². The Labute approximate surface area is 103 Å². The molecule has 0 saturated heterocycles. The average Bonchev–Trinajstić information content (AvgIpc) is 2.19. The third-order valence-electron chi connectivity index (χ3n) is 1.82. The summed E-state index contributed by atoms with van der Waals surface area (Å²) >= 11 is 3.18. The smallest absolute Gasteiger partial charge is 0.193 e. The van der Waals surface area contributed by atoms with Crippen molar-refractivity contribution in [1.29, 1.82) is 0 Å². The van der Waals surface area contributed by atoms with E-state index in [2.05, 4.69) is 26.2 Å².